The average Bonchev–Trinajstić information content (AvgIpc) is 3.05. The van der Waals surface area contributed by atoms with Crippen LogP contribution in [0.4, 0.5) is 11.4 Å². The molecule has 1 saturated heterocycles. The van der Waals surface area contributed by atoms with Crippen molar-refractivity contribution in [3.8, 4) is 5.69 Å². The van der Waals surface area contributed by atoms with Crippen molar-refractivity contribution < 1.29 is 14.5 Å². The molecule has 0 spiro atoms. The van der Waals surface area contributed by atoms with Crippen molar-refractivity contribution in [3.05, 3.63) is 92.8 Å². The van der Waals surface area contributed by atoms with Crippen molar-refractivity contribution in [3.63, 3.8) is 0 Å². The van der Waals surface area contributed by atoms with Gasteiger partial charge in [-0.15, -0.1) is 0 Å². The van der Waals surface area contributed by atoms with Gasteiger partial charge in [0.15, 0.2) is 5.11 Å². The summed E-state index contributed by atoms with van der Waals surface area (Å²) in [5, 5.41) is 13.6. The molecular formula is C24H20N4O4S. The number of nitro groups is 1. The van der Waals surface area contributed by atoms with Crippen molar-refractivity contribution >= 4 is 46.6 Å². The van der Waals surface area contributed by atoms with Gasteiger partial charge >= 0.3 is 0 Å². The second kappa shape index (κ2) is 8.44. The molecule has 166 valence electrons. The number of aryl methyl sites for hydroxylation is 2. The van der Waals surface area contributed by atoms with Gasteiger partial charge in [-0.2, -0.15) is 0 Å². The third-order valence-electron chi connectivity index (χ3n) is 5.48. The summed E-state index contributed by atoms with van der Waals surface area (Å²) in [5.41, 5.74) is 4.62. The van der Waals surface area contributed by atoms with E-state index in [0.717, 1.165) is 22.6 Å². The molecule has 0 saturated carbocycles. The van der Waals surface area contributed by atoms with Crippen LogP contribution >= 0.6 is 12.2 Å². The molecule has 0 bridgehead atoms. The summed E-state index contributed by atoms with van der Waals surface area (Å²) in [6.45, 7) is 5.68. The molecule has 2 aromatic carbocycles. The summed E-state index contributed by atoms with van der Waals surface area (Å²) in [6.07, 6.45) is 1.55. The molecule has 0 atom stereocenters. The van der Waals surface area contributed by atoms with E-state index >= 15 is 0 Å². The highest BCUT2D eigenvalue weighted by Crippen LogP contribution is 2.27. The molecule has 0 radical (unpaired) electrons. The smallest absolute Gasteiger partial charge is 0.270 e. The summed E-state index contributed by atoms with van der Waals surface area (Å²) in [6, 6.07) is 15.3. The number of non-ortho nitro benzene ring substituents is 1. The fraction of sp³-hybridized carbons (Fsp3) is 0.125. The number of hydrogen-bond acceptors (Lipinski definition) is 5. The summed E-state index contributed by atoms with van der Waals surface area (Å²) >= 11 is 5.25. The maximum Gasteiger partial charge on any atom is 0.270 e. The van der Waals surface area contributed by atoms with E-state index in [-0.39, 0.29) is 16.4 Å². The van der Waals surface area contributed by atoms with Gasteiger partial charge in [0.1, 0.15) is 5.57 Å². The number of carbonyl (C=O) groups excluding carboxylic acids is 2. The lowest BCUT2D eigenvalue weighted by Crippen LogP contribution is -2.54. The van der Waals surface area contributed by atoms with E-state index in [1.807, 2.05) is 43.5 Å². The summed E-state index contributed by atoms with van der Waals surface area (Å²) in [7, 11) is 0. The molecule has 1 aromatic heterocycles. The molecule has 4 rings (SSSR count). The van der Waals surface area contributed by atoms with Gasteiger partial charge in [-0.1, -0.05) is 17.7 Å². The number of anilines is 1. The zero-order valence-electron chi connectivity index (χ0n) is 18.2. The Morgan fingerprint density at radius 2 is 1.58 bits per heavy atom. The van der Waals surface area contributed by atoms with E-state index in [9.17, 15) is 19.7 Å². The first-order valence-electron chi connectivity index (χ1n) is 10.1. The fourth-order valence-electron chi connectivity index (χ4n) is 3.80. The minimum atomic E-state index is -0.562. The molecule has 1 N–H and O–H groups in total. The van der Waals surface area contributed by atoms with Crippen LogP contribution in [-0.4, -0.2) is 26.4 Å². The zero-order valence-corrected chi connectivity index (χ0v) is 19.0. The van der Waals surface area contributed by atoms with Crippen LogP contribution in [0, 0.1) is 30.9 Å². The molecule has 3 aromatic rings. The van der Waals surface area contributed by atoms with Crippen LogP contribution in [0.25, 0.3) is 11.8 Å². The average molecular weight is 461 g/mol. The second-order valence-electron chi connectivity index (χ2n) is 7.73. The van der Waals surface area contributed by atoms with Crippen molar-refractivity contribution in [2.45, 2.75) is 20.8 Å². The number of hydrogen-bond donors (Lipinski definition) is 1. The maximum absolute atomic E-state index is 13.2. The molecule has 2 heterocycles. The lowest BCUT2D eigenvalue weighted by atomic mass is 10.1. The van der Waals surface area contributed by atoms with Crippen LogP contribution in [0.2, 0.25) is 0 Å². The van der Waals surface area contributed by atoms with E-state index in [0.29, 0.717) is 11.3 Å². The van der Waals surface area contributed by atoms with Crippen molar-refractivity contribution in [1.82, 2.24) is 9.88 Å². The van der Waals surface area contributed by atoms with Gasteiger partial charge in [-0.25, -0.2) is 0 Å². The van der Waals surface area contributed by atoms with Gasteiger partial charge < -0.3 is 4.57 Å². The number of aromatic nitrogens is 1. The Morgan fingerprint density at radius 1 is 0.970 bits per heavy atom. The zero-order chi connectivity index (χ0) is 23.9. The molecular weight excluding hydrogens is 440 g/mol. The molecule has 8 nitrogen and oxygen atoms in total. The number of carbonyl (C=O) groups is 2. The minimum absolute atomic E-state index is 0.000179. The first-order valence-corrected chi connectivity index (χ1v) is 10.5. The standard InChI is InChI=1S/C24H20N4O4S/c1-14-4-6-19(7-5-14)27-23(30)21(22(29)25-24(27)33)13-17-12-15(2)26(16(17)3)18-8-10-20(11-9-18)28(31)32/h4-13H,1-3H3,(H,25,29,33)/b21-13-. The Labute approximate surface area is 195 Å². The van der Waals surface area contributed by atoms with E-state index in [1.165, 1.54) is 17.0 Å². The Hall–Kier alpha value is -4.11. The number of benzene rings is 2. The number of nitro benzene ring substituents is 1. The van der Waals surface area contributed by atoms with Crippen LogP contribution in [0.3, 0.4) is 0 Å². The monoisotopic (exact) mass is 460 g/mol. The Bertz CT molecular complexity index is 1340. The first-order chi connectivity index (χ1) is 15.7. The van der Waals surface area contributed by atoms with Gasteiger partial charge in [0.2, 0.25) is 0 Å². The predicted molar refractivity (Wildman–Crippen MR) is 129 cm³/mol. The molecule has 1 fully saturated rings. The van der Waals surface area contributed by atoms with Crippen molar-refractivity contribution in [2.75, 3.05) is 4.90 Å². The molecule has 33 heavy (non-hydrogen) atoms. The van der Waals surface area contributed by atoms with Gasteiger partial charge in [0.05, 0.1) is 10.6 Å². The predicted octanol–water partition coefficient (Wildman–Crippen LogP) is 4.14. The van der Waals surface area contributed by atoms with E-state index < -0.39 is 16.7 Å². The molecule has 0 aliphatic carbocycles. The third-order valence-corrected chi connectivity index (χ3v) is 5.77. The lowest BCUT2D eigenvalue weighted by Gasteiger charge is -2.29. The first kappa shape index (κ1) is 22.1. The Kier molecular flexibility index (Phi) is 5.65. The van der Waals surface area contributed by atoms with Crippen molar-refractivity contribution in [1.29, 1.82) is 0 Å². The molecule has 2 amide bonds. The quantitative estimate of drug-likeness (QED) is 0.207. The van der Waals surface area contributed by atoms with E-state index in [2.05, 4.69) is 5.32 Å². The fourth-order valence-corrected chi connectivity index (χ4v) is 4.08. The highest BCUT2D eigenvalue weighted by atomic mass is 32.1. The van der Waals surface area contributed by atoms with E-state index in [4.69, 9.17) is 12.2 Å². The SMILES string of the molecule is Cc1ccc(N2C(=O)/C(=C\c3cc(C)n(-c4ccc([N+](=O)[O-])cc4)c3C)C(=O)NC2=S)cc1. The number of nitrogens with zero attached hydrogens (tertiary/aromatic N) is 3. The summed E-state index contributed by atoms with van der Waals surface area (Å²) in [5.74, 6) is -1.07. The van der Waals surface area contributed by atoms with Gasteiger partial charge in [0, 0.05) is 29.2 Å². The third kappa shape index (κ3) is 4.06. The Morgan fingerprint density at radius 3 is 2.18 bits per heavy atom. The molecule has 0 unspecified atom stereocenters. The second-order valence-corrected chi connectivity index (χ2v) is 8.12. The largest absolute Gasteiger partial charge is 0.318 e. The van der Waals surface area contributed by atoms with Crippen molar-refractivity contribution in [2.24, 2.45) is 0 Å². The minimum Gasteiger partial charge on any atom is -0.318 e. The maximum atomic E-state index is 13.2. The van der Waals surface area contributed by atoms with Gasteiger partial charge in [-0.05, 0) is 75.0 Å². The molecule has 9 heteroatoms. The normalized spacial score (nSPS) is 15.2. The molecule has 1 aliphatic heterocycles. The highest BCUT2D eigenvalue weighted by molar-refractivity contribution is 7.80. The number of amides is 2. The van der Waals surface area contributed by atoms with Gasteiger partial charge in [-0.3, -0.25) is 29.9 Å². The number of nitrogens with one attached hydrogen (secondary N) is 1. The number of thiocarbonyl (C=S) groups is 1. The number of rotatable bonds is 4. The Balaban J connectivity index is 1.73. The lowest BCUT2D eigenvalue weighted by molar-refractivity contribution is -0.384. The van der Waals surface area contributed by atoms with E-state index in [1.54, 1.807) is 30.3 Å². The van der Waals surface area contributed by atoms with Crippen LogP contribution in [0.15, 0.2) is 60.2 Å². The van der Waals surface area contributed by atoms with Crippen LogP contribution in [0.5, 0.6) is 0 Å². The summed E-state index contributed by atoms with van der Waals surface area (Å²) in [4.78, 5) is 37.7. The van der Waals surface area contributed by atoms with Crippen LogP contribution < -0.4 is 10.2 Å². The summed E-state index contributed by atoms with van der Waals surface area (Å²) < 4.78 is 1.91. The molecule has 1 aliphatic rings. The van der Waals surface area contributed by atoms with Gasteiger partial charge in [0.25, 0.3) is 17.5 Å². The topological polar surface area (TPSA) is 97.5 Å². The van der Waals surface area contributed by atoms with Crippen LogP contribution in [0.1, 0.15) is 22.5 Å². The highest BCUT2D eigenvalue weighted by Gasteiger charge is 2.34. The van der Waals surface area contributed by atoms with Crippen LogP contribution in [-0.2, 0) is 9.59 Å².